The molecule has 2 N–H and O–H groups in total. The molecule has 118 valence electrons. The van der Waals surface area contributed by atoms with Gasteiger partial charge in [0.25, 0.3) is 0 Å². The van der Waals surface area contributed by atoms with Crippen LogP contribution in [-0.2, 0) is 11.3 Å². The summed E-state index contributed by atoms with van der Waals surface area (Å²) in [5.74, 6) is 1.15. The number of benzene rings is 1. The summed E-state index contributed by atoms with van der Waals surface area (Å²) in [4.78, 5) is 16.2. The van der Waals surface area contributed by atoms with Crippen molar-refractivity contribution in [3.63, 3.8) is 0 Å². The van der Waals surface area contributed by atoms with E-state index in [1.54, 1.807) is 29.1 Å². The molecule has 0 aliphatic carbocycles. The highest BCUT2D eigenvalue weighted by Gasteiger charge is 2.10. The quantitative estimate of drug-likeness (QED) is 0.752. The first-order valence-electron chi connectivity index (χ1n) is 7.08. The normalized spacial score (nSPS) is 10.7. The molecule has 2 heterocycles. The van der Waals surface area contributed by atoms with Crippen LogP contribution in [0.25, 0.3) is 11.4 Å². The van der Waals surface area contributed by atoms with Crippen molar-refractivity contribution in [2.24, 2.45) is 0 Å². The summed E-state index contributed by atoms with van der Waals surface area (Å²) >= 11 is 6.26. The highest BCUT2D eigenvalue weighted by atomic mass is 35.5. The number of anilines is 1. The predicted molar refractivity (Wildman–Crippen MR) is 87.0 cm³/mol. The molecule has 0 fully saturated rings. The van der Waals surface area contributed by atoms with Crippen LogP contribution in [0.15, 0.2) is 36.7 Å². The minimum absolute atomic E-state index is 0.0990. The van der Waals surface area contributed by atoms with Crippen LogP contribution in [0.3, 0.4) is 0 Å². The lowest BCUT2D eigenvalue weighted by Gasteiger charge is -2.07. The van der Waals surface area contributed by atoms with Crippen LogP contribution >= 0.6 is 11.6 Å². The first-order chi connectivity index (χ1) is 11.1. The number of aryl methyl sites for hydroxylation is 2. The smallest absolute Gasteiger partial charge is 0.226 e. The molecule has 0 aliphatic heterocycles. The van der Waals surface area contributed by atoms with E-state index in [2.05, 4.69) is 25.6 Å². The summed E-state index contributed by atoms with van der Waals surface area (Å²) in [7, 11) is 0. The molecule has 0 unspecified atom stereocenters. The Hall–Kier alpha value is -2.67. The van der Waals surface area contributed by atoms with Gasteiger partial charge in [0.05, 0.1) is 5.02 Å². The van der Waals surface area contributed by atoms with Gasteiger partial charge in [-0.1, -0.05) is 11.6 Å². The topological polar surface area (TPSA) is 88.5 Å². The number of aromatic amines is 1. The monoisotopic (exact) mass is 330 g/mol. The minimum atomic E-state index is -0.0990. The third-order valence-corrected chi connectivity index (χ3v) is 3.53. The van der Waals surface area contributed by atoms with Crippen LogP contribution in [0.2, 0.25) is 5.02 Å². The van der Waals surface area contributed by atoms with Gasteiger partial charge in [0.15, 0.2) is 5.82 Å². The van der Waals surface area contributed by atoms with Gasteiger partial charge in [-0.3, -0.25) is 14.6 Å². The zero-order valence-corrected chi connectivity index (χ0v) is 13.2. The molecule has 0 saturated heterocycles. The van der Waals surface area contributed by atoms with Crippen molar-refractivity contribution < 1.29 is 4.79 Å². The van der Waals surface area contributed by atoms with E-state index in [1.807, 2.05) is 19.2 Å². The van der Waals surface area contributed by atoms with Gasteiger partial charge in [0.1, 0.15) is 5.82 Å². The number of nitrogens with zero attached hydrogens (tertiary/aromatic N) is 4. The van der Waals surface area contributed by atoms with E-state index in [0.29, 0.717) is 40.9 Å². The van der Waals surface area contributed by atoms with Crippen molar-refractivity contribution in [3.8, 4) is 11.4 Å². The number of carbonyl (C=O) groups excluding carboxylic acids is 1. The molecule has 1 amide bonds. The number of carbonyl (C=O) groups is 1. The molecule has 1 aromatic carbocycles. The number of hydrogen-bond donors (Lipinski definition) is 2. The molecule has 0 aliphatic rings. The van der Waals surface area contributed by atoms with Gasteiger partial charge in [0, 0.05) is 36.6 Å². The number of nitrogens with one attached hydrogen (secondary N) is 2. The van der Waals surface area contributed by atoms with E-state index in [0.717, 1.165) is 0 Å². The van der Waals surface area contributed by atoms with Crippen LogP contribution in [0.5, 0.6) is 0 Å². The molecule has 7 nitrogen and oxygen atoms in total. The summed E-state index contributed by atoms with van der Waals surface area (Å²) in [6.07, 6.45) is 3.83. The molecule has 0 saturated carbocycles. The molecule has 3 aromatic rings. The van der Waals surface area contributed by atoms with E-state index in [4.69, 9.17) is 11.6 Å². The number of halogens is 1. The lowest BCUT2D eigenvalue weighted by molar-refractivity contribution is -0.116. The second-order valence-electron chi connectivity index (χ2n) is 5.01. The number of aromatic nitrogens is 5. The molecule has 0 spiro atoms. The van der Waals surface area contributed by atoms with Gasteiger partial charge in [-0.25, -0.2) is 4.98 Å². The molecule has 2 aromatic heterocycles. The fourth-order valence-corrected chi connectivity index (χ4v) is 2.37. The molecular formula is C15H15ClN6O. The molecule has 0 bridgehead atoms. The maximum absolute atomic E-state index is 12.0. The van der Waals surface area contributed by atoms with Gasteiger partial charge < -0.3 is 5.32 Å². The second-order valence-corrected chi connectivity index (χ2v) is 5.41. The lowest BCUT2D eigenvalue weighted by atomic mass is 10.2. The van der Waals surface area contributed by atoms with Crippen LogP contribution in [-0.4, -0.2) is 30.9 Å². The molecule has 0 atom stereocenters. The minimum Gasteiger partial charge on any atom is -0.326 e. The average molecular weight is 331 g/mol. The van der Waals surface area contributed by atoms with Crippen molar-refractivity contribution in [3.05, 3.63) is 47.5 Å². The zero-order valence-electron chi connectivity index (χ0n) is 12.5. The van der Waals surface area contributed by atoms with Crippen molar-refractivity contribution in [2.45, 2.75) is 19.9 Å². The predicted octanol–water partition coefficient (Wildman–Crippen LogP) is 2.66. The fraction of sp³-hybridized carbons (Fsp3) is 0.200. The Morgan fingerprint density at radius 1 is 1.43 bits per heavy atom. The van der Waals surface area contributed by atoms with Gasteiger partial charge in [-0.05, 0) is 31.2 Å². The Kier molecular flexibility index (Phi) is 4.38. The average Bonchev–Trinajstić information content (AvgIpc) is 3.17. The van der Waals surface area contributed by atoms with Gasteiger partial charge in [0.2, 0.25) is 5.91 Å². The Labute approximate surface area is 137 Å². The van der Waals surface area contributed by atoms with Gasteiger partial charge in [-0.2, -0.15) is 10.2 Å². The summed E-state index contributed by atoms with van der Waals surface area (Å²) < 4.78 is 1.71. The van der Waals surface area contributed by atoms with Crippen LogP contribution in [0.1, 0.15) is 12.2 Å². The standard InChI is InChI=1S/C15H15ClN6O/c1-10-18-15(21-20-10)12-4-3-11(9-13(12)16)19-14(23)5-8-22-7-2-6-17-22/h2-4,6-7,9H,5,8H2,1H3,(H,19,23)(H,18,20,21). The molecule has 0 radical (unpaired) electrons. The first-order valence-corrected chi connectivity index (χ1v) is 7.46. The van der Waals surface area contributed by atoms with E-state index >= 15 is 0 Å². The van der Waals surface area contributed by atoms with Crippen LogP contribution < -0.4 is 5.32 Å². The van der Waals surface area contributed by atoms with E-state index < -0.39 is 0 Å². The summed E-state index contributed by atoms with van der Waals surface area (Å²) in [5, 5.41) is 14.2. The zero-order chi connectivity index (χ0) is 16.2. The van der Waals surface area contributed by atoms with Gasteiger partial charge >= 0.3 is 0 Å². The van der Waals surface area contributed by atoms with Crippen molar-refractivity contribution in [2.75, 3.05) is 5.32 Å². The summed E-state index contributed by atoms with van der Waals surface area (Å²) in [6.45, 7) is 2.35. The second kappa shape index (κ2) is 6.62. The highest BCUT2D eigenvalue weighted by Crippen LogP contribution is 2.28. The largest absolute Gasteiger partial charge is 0.326 e. The fourth-order valence-electron chi connectivity index (χ4n) is 2.11. The SMILES string of the molecule is Cc1nc(-c2ccc(NC(=O)CCn3cccn3)cc2Cl)n[nH]1. The Morgan fingerprint density at radius 2 is 2.30 bits per heavy atom. The summed E-state index contributed by atoms with van der Waals surface area (Å²) in [6, 6.07) is 7.07. The van der Waals surface area contributed by atoms with Crippen LogP contribution in [0.4, 0.5) is 5.69 Å². The molecule has 23 heavy (non-hydrogen) atoms. The lowest BCUT2D eigenvalue weighted by Crippen LogP contribution is -2.14. The Bertz CT molecular complexity index is 811. The first kappa shape index (κ1) is 15.2. The van der Waals surface area contributed by atoms with Crippen molar-refractivity contribution in [1.29, 1.82) is 0 Å². The third-order valence-electron chi connectivity index (χ3n) is 3.22. The Morgan fingerprint density at radius 3 is 2.96 bits per heavy atom. The number of amides is 1. The molecular weight excluding hydrogens is 316 g/mol. The Balaban J connectivity index is 1.64. The molecule has 3 rings (SSSR count). The van der Waals surface area contributed by atoms with Gasteiger partial charge in [-0.15, -0.1) is 0 Å². The highest BCUT2D eigenvalue weighted by molar-refractivity contribution is 6.33. The molecule has 8 heteroatoms. The van der Waals surface area contributed by atoms with Crippen LogP contribution in [0, 0.1) is 6.92 Å². The van der Waals surface area contributed by atoms with E-state index in [9.17, 15) is 4.79 Å². The van der Waals surface area contributed by atoms with E-state index in [-0.39, 0.29) is 5.91 Å². The number of rotatable bonds is 5. The number of hydrogen-bond acceptors (Lipinski definition) is 4. The van der Waals surface area contributed by atoms with Crippen molar-refractivity contribution >= 4 is 23.2 Å². The summed E-state index contributed by atoms with van der Waals surface area (Å²) in [5.41, 5.74) is 1.35. The maximum atomic E-state index is 12.0. The number of H-pyrrole nitrogens is 1. The van der Waals surface area contributed by atoms with E-state index in [1.165, 1.54) is 0 Å². The van der Waals surface area contributed by atoms with Crippen molar-refractivity contribution in [1.82, 2.24) is 25.0 Å². The maximum Gasteiger partial charge on any atom is 0.226 e. The third kappa shape index (κ3) is 3.75.